The van der Waals surface area contributed by atoms with Crippen LogP contribution in [-0.2, 0) is 21.3 Å². The molecular weight excluding hydrogens is 458 g/mol. The van der Waals surface area contributed by atoms with Crippen LogP contribution in [0.4, 0.5) is 5.69 Å². The number of ether oxygens (including phenoxy) is 1. The number of anilines is 1. The van der Waals surface area contributed by atoms with E-state index in [0.717, 1.165) is 5.56 Å². The Bertz CT molecular complexity index is 1470. The molecule has 2 heterocycles. The molecule has 0 spiro atoms. The Morgan fingerprint density at radius 2 is 1.76 bits per heavy atom. The van der Waals surface area contributed by atoms with Gasteiger partial charge in [0.15, 0.2) is 5.76 Å². The molecule has 0 saturated heterocycles. The third kappa shape index (κ3) is 3.44. The lowest BCUT2D eigenvalue weighted by Gasteiger charge is -2.38. The topological polar surface area (TPSA) is 96.4 Å². The zero-order chi connectivity index (χ0) is 23.2. The minimum atomic E-state index is -4.11. The van der Waals surface area contributed by atoms with Crippen LogP contribution in [0.25, 0.3) is 5.76 Å². The standard InChI is InChI=1S/C25H18ClN3O3S/c26-18-10-6-9-17(13-18)22-20(14-27)25(28)32-23-19-11-4-5-12-21(19)29(33(30,31)24(22)23)15-16-7-2-1-3-8-16/h1-13,22H,15,28H2/t22-/m1/s1. The molecule has 5 rings (SSSR count). The average Bonchev–Trinajstić information content (AvgIpc) is 2.81. The molecule has 2 aliphatic heterocycles. The van der Waals surface area contributed by atoms with Crippen molar-refractivity contribution in [2.45, 2.75) is 12.5 Å². The summed E-state index contributed by atoms with van der Waals surface area (Å²) < 4.78 is 35.4. The molecule has 2 aliphatic rings. The van der Waals surface area contributed by atoms with E-state index in [-0.39, 0.29) is 28.7 Å². The fourth-order valence-corrected chi connectivity index (χ4v) is 6.36. The number of nitriles is 1. The van der Waals surface area contributed by atoms with E-state index in [1.807, 2.05) is 30.3 Å². The summed E-state index contributed by atoms with van der Waals surface area (Å²) in [6.07, 6.45) is 0. The summed E-state index contributed by atoms with van der Waals surface area (Å²) in [4.78, 5) is -0.0230. The number of halogens is 1. The third-order valence-electron chi connectivity index (χ3n) is 5.71. The van der Waals surface area contributed by atoms with Gasteiger partial charge in [-0.3, -0.25) is 4.31 Å². The summed E-state index contributed by atoms with van der Waals surface area (Å²) in [5, 5.41) is 10.3. The first-order valence-electron chi connectivity index (χ1n) is 10.1. The molecule has 3 aromatic carbocycles. The van der Waals surface area contributed by atoms with E-state index in [1.165, 1.54) is 4.31 Å². The number of para-hydroxylation sites is 1. The normalized spacial score (nSPS) is 18.8. The highest BCUT2D eigenvalue weighted by molar-refractivity contribution is 7.96. The number of nitrogens with two attached hydrogens (primary N) is 1. The van der Waals surface area contributed by atoms with E-state index in [0.29, 0.717) is 21.8 Å². The fourth-order valence-electron chi connectivity index (χ4n) is 4.25. The maximum Gasteiger partial charge on any atom is 0.265 e. The number of rotatable bonds is 3. The van der Waals surface area contributed by atoms with Crippen molar-refractivity contribution in [1.82, 2.24) is 0 Å². The zero-order valence-electron chi connectivity index (χ0n) is 17.3. The summed E-state index contributed by atoms with van der Waals surface area (Å²) >= 11 is 6.22. The maximum absolute atomic E-state index is 14.1. The van der Waals surface area contributed by atoms with Crippen LogP contribution in [0.2, 0.25) is 5.02 Å². The summed E-state index contributed by atoms with van der Waals surface area (Å²) in [6, 6.07) is 25.3. The van der Waals surface area contributed by atoms with Gasteiger partial charge in [0.1, 0.15) is 16.5 Å². The fraction of sp³-hybridized carbons (Fsp3) is 0.0800. The van der Waals surface area contributed by atoms with Crippen LogP contribution in [0.3, 0.4) is 0 Å². The number of hydrogen-bond donors (Lipinski definition) is 1. The van der Waals surface area contributed by atoms with Gasteiger partial charge in [0.05, 0.1) is 18.2 Å². The van der Waals surface area contributed by atoms with Crippen molar-refractivity contribution in [1.29, 1.82) is 5.26 Å². The van der Waals surface area contributed by atoms with Crippen molar-refractivity contribution in [2.24, 2.45) is 5.73 Å². The van der Waals surface area contributed by atoms with Crippen molar-refractivity contribution >= 4 is 33.1 Å². The first-order chi connectivity index (χ1) is 15.9. The number of sulfonamides is 1. The van der Waals surface area contributed by atoms with Crippen LogP contribution in [0.1, 0.15) is 22.6 Å². The number of nitrogens with zero attached hydrogens (tertiary/aromatic N) is 2. The molecule has 164 valence electrons. The van der Waals surface area contributed by atoms with Crippen molar-refractivity contribution in [2.75, 3.05) is 4.31 Å². The molecule has 0 saturated carbocycles. The molecule has 0 fully saturated rings. The van der Waals surface area contributed by atoms with E-state index in [9.17, 15) is 13.7 Å². The van der Waals surface area contributed by atoms with Gasteiger partial charge in [0.2, 0.25) is 5.88 Å². The van der Waals surface area contributed by atoms with Gasteiger partial charge in [-0.05, 0) is 35.4 Å². The number of benzene rings is 3. The Kier molecular flexibility index (Phi) is 5.12. The molecule has 0 aromatic heterocycles. The Labute approximate surface area is 196 Å². The Morgan fingerprint density at radius 1 is 1.03 bits per heavy atom. The molecular formula is C25H18ClN3O3S. The first-order valence-corrected chi connectivity index (χ1v) is 12.0. The Balaban J connectivity index is 1.78. The molecule has 1 atom stereocenters. The van der Waals surface area contributed by atoms with Crippen LogP contribution < -0.4 is 10.0 Å². The summed E-state index contributed by atoms with van der Waals surface area (Å²) in [6.45, 7) is 0.125. The van der Waals surface area contributed by atoms with Gasteiger partial charge in [-0.2, -0.15) is 5.26 Å². The maximum atomic E-state index is 14.1. The largest absolute Gasteiger partial charge is 0.439 e. The first kappa shape index (κ1) is 21.1. The van der Waals surface area contributed by atoms with Crippen LogP contribution in [0.5, 0.6) is 0 Å². The van der Waals surface area contributed by atoms with Crippen molar-refractivity contribution < 1.29 is 13.2 Å². The average molecular weight is 476 g/mol. The molecule has 0 amide bonds. The minimum absolute atomic E-state index is 0.0230. The number of fused-ring (bicyclic) bond motifs is 2. The molecule has 33 heavy (non-hydrogen) atoms. The minimum Gasteiger partial charge on any atom is -0.439 e. The highest BCUT2D eigenvalue weighted by atomic mass is 35.5. The third-order valence-corrected chi connectivity index (χ3v) is 7.83. The SMILES string of the molecule is N#CC1=C(N)OC2=C([C@@H]1c1cccc(Cl)c1)S(=O)(=O)N(Cc1ccccc1)c1ccccc12. The predicted octanol–water partition coefficient (Wildman–Crippen LogP) is 4.87. The molecule has 0 radical (unpaired) electrons. The lowest BCUT2D eigenvalue weighted by Crippen LogP contribution is -2.39. The zero-order valence-corrected chi connectivity index (χ0v) is 18.8. The van der Waals surface area contributed by atoms with Gasteiger partial charge in [0, 0.05) is 10.6 Å². The van der Waals surface area contributed by atoms with E-state index in [4.69, 9.17) is 22.1 Å². The highest BCUT2D eigenvalue weighted by Gasteiger charge is 2.47. The van der Waals surface area contributed by atoms with Crippen LogP contribution in [0, 0.1) is 11.3 Å². The van der Waals surface area contributed by atoms with Gasteiger partial charge in [-0.1, -0.05) is 66.2 Å². The quantitative estimate of drug-likeness (QED) is 0.583. The molecule has 2 N–H and O–H groups in total. The molecule has 6 nitrogen and oxygen atoms in total. The molecule has 3 aromatic rings. The van der Waals surface area contributed by atoms with Crippen molar-refractivity contribution in [3.05, 3.63) is 117 Å². The van der Waals surface area contributed by atoms with Gasteiger partial charge in [-0.15, -0.1) is 0 Å². The van der Waals surface area contributed by atoms with E-state index < -0.39 is 15.9 Å². The summed E-state index contributed by atoms with van der Waals surface area (Å²) in [5.74, 6) is -0.937. The van der Waals surface area contributed by atoms with Crippen LogP contribution in [-0.4, -0.2) is 8.42 Å². The number of allylic oxidation sites excluding steroid dienone is 2. The monoisotopic (exact) mass is 475 g/mol. The van der Waals surface area contributed by atoms with Crippen LogP contribution in [0.15, 0.2) is 95.2 Å². The molecule has 0 bridgehead atoms. The number of hydrogen-bond acceptors (Lipinski definition) is 5. The summed E-state index contributed by atoms with van der Waals surface area (Å²) in [5.41, 5.74) is 8.59. The second-order valence-corrected chi connectivity index (χ2v) is 9.95. The van der Waals surface area contributed by atoms with E-state index >= 15 is 0 Å². The second-order valence-electron chi connectivity index (χ2n) is 7.69. The highest BCUT2D eigenvalue weighted by Crippen LogP contribution is 2.51. The van der Waals surface area contributed by atoms with Crippen LogP contribution >= 0.6 is 11.6 Å². The van der Waals surface area contributed by atoms with Crippen molar-refractivity contribution in [3.8, 4) is 6.07 Å². The predicted molar refractivity (Wildman–Crippen MR) is 127 cm³/mol. The summed E-state index contributed by atoms with van der Waals surface area (Å²) in [7, 11) is -4.11. The van der Waals surface area contributed by atoms with Gasteiger partial charge >= 0.3 is 0 Å². The molecule has 0 unspecified atom stereocenters. The smallest absolute Gasteiger partial charge is 0.265 e. The lowest BCUT2D eigenvalue weighted by molar-refractivity contribution is 0.357. The van der Waals surface area contributed by atoms with Crippen molar-refractivity contribution in [3.63, 3.8) is 0 Å². The van der Waals surface area contributed by atoms with E-state index in [1.54, 1.807) is 48.5 Å². The van der Waals surface area contributed by atoms with Gasteiger partial charge < -0.3 is 10.5 Å². The molecule has 8 heteroatoms. The van der Waals surface area contributed by atoms with Gasteiger partial charge in [0.25, 0.3) is 10.0 Å². The Hall–Kier alpha value is -3.73. The van der Waals surface area contributed by atoms with Gasteiger partial charge in [-0.25, -0.2) is 8.42 Å². The lowest BCUT2D eigenvalue weighted by atomic mass is 9.88. The second kappa shape index (κ2) is 8.00. The van der Waals surface area contributed by atoms with E-state index in [2.05, 4.69) is 6.07 Å². The Morgan fingerprint density at radius 3 is 2.48 bits per heavy atom. The molecule has 0 aliphatic carbocycles.